The summed E-state index contributed by atoms with van der Waals surface area (Å²) < 4.78 is 12.8. The summed E-state index contributed by atoms with van der Waals surface area (Å²) >= 11 is 0. The van der Waals surface area contributed by atoms with Crippen LogP contribution in [0.2, 0.25) is 0 Å². The number of methoxy groups -OCH3 is 1. The van der Waals surface area contributed by atoms with Crippen LogP contribution in [0.3, 0.4) is 0 Å². The Labute approximate surface area is 234 Å². The smallest absolute Gasteiger partial charge is 0.212 e. The molecule has 2 unspecified atom stereocenters. The Kier molecular flexibility index (Phi) is 6.98. The number of aromatic nitrogens is 4. The first-order valence-electron chi connectivity index (χ1n) is 13.5. The molecule has 202 valence electrons. The van der Waals surface area contributed by atoms with Crippen LogP contribution >= 0.6 is 0 Å². The number of rotatable bonds is 7. The first-order valence-corrected chi connectivity index (χ1v) is 13.5. The van der Waals surface area contributed by atoms with Gasteiger partial charge in [0.1, 0.15) is 17.6 Å². The molecule has 9 heteroatoms. The van der Waals surface area contributed by atoms with Crippen LogP contribution in [0, 0.1) is 29.1 Å². The molecule has 3 aliphatic rings. The SMILES string of the molecule is COc1ccc(C#CCN2C3CC2CN(c2ccc(-c4cc(OCC(C)C)cn5ncc(C#N)c45)cn2)C3)cn1. The number of hydrogen-bond acceptors (Lipinski definition) is 8. The molecule has 7 heterocycles. The van der Waals surface area contributed by atoms with Crippen molar-refractivity contribution < 1.29 is 9.47 Å². The third kappa shape index (κ3) is 5.04. The van der Waals surface area contributed by atoms with E-state index in [1.807, 2.05) is 30.6 Å². The number of pyridine rings is 3. The molecule has 7 rings (SSSR count). The van der Waals surface area contributed by atoms with E-state index in [2.05, 4.69) is 63.8 Å². The van der Waals surface area contributed by atoms with Crippen molar-refractivity contribution in [1.82, 2.24) is 24.5 Å². The lowest BCUT2D eigenvalue weighted by molar-refractivity contribution is 0.0125. The summed E-state index contributed by atoms with van der Waals surface area (Å²) in [5, 5.41) is 14.0. The van der Waals surface area contributed by atoms with Crippen molar-refractivity contribution in [2.45, 2.75) is 32.4 Å². The largest absolute Gasteiger partial charge is 0.492 e. The van der Waals surface area contributed by atoms with E-state index in [0.29, 0.717) is 36.1 Å². The number of piperazine rings is 1. The van der Waals surface area contributed by atoms with Crippen LogP contribution in [0.25, 0.3) is 16.6 Å². The predicted octanol–water partition coefficient (Wildman–Crippen LogP) is 4.02. The van der Waals surface area contributed by atoms with E-state index in [1.54, 1.807) is 24.0 Å². The summed E-state index contributed by atoms with van der Waals surface area (Å²) in [5.74, 6) is 9.20. The van der Waals surface area contributed by atoms with Crippen LogP contribution in [-0.2, 0) is 0 Å². The Bertz CT molecular complexity index is 1600. The van der Waals surface area contributed by atoms with Crippen molar-refractivity contribution >= 4 is 11.3 Å². The Morgan fingerprint density at radius 1 is 1.07 bits per heavy atom. The highest BCUT2D eigenvalue weighted by atomic mass is 16.5. The van der Waals surface area contributed by atoms with Gasteiger partial charge in [0.25, 0.3) is 0 Å². The molecule has 3 aliphatic heterocycles. The van der Waals surface area contributed by atoms with E-state index >= 15 is 0 Å². The third-order valence-electron chi connectivity index (χ3n) is 7.46. The van der Waals surface area contributed by atoms with Crippen molar-refractivity contribution in [3.63, 3.8) is 0 Å². The fraction of sp³-hybridized carbons (Fsp3) is 0.355. The molecule has 4 aromatic rings. The Hall–Kier alpha value is -4.60. The number of ether oxygens (including phenoxy) is 2. The van der Waals surface area contributed by atoms with E-state index in [0.717, 1.165) is 53.4 Å². The summed E-state index contributed by atoms with van der Waals surface area (Å²) in [6.45, 7) is 7.44. The number of nitriles is 1. The van der Waals surface area contributed by atoms with E-state index in [1.165, 1.54) is 6.42 Å². The average Bonchev–Trinajstić information content (AvgIpc) is 3.41. The molecule has 0 N–H and O–H groups in total. The molecular formula is C31H31N7O2. The number of hydrogen-bond donors (Lipinski definition) is 0. The van der Waals surface area contributed by atoms with Crippen LogP contribution in [0.1, 0.15) is 31.4 Å². The van der Waals surface area contributed by atoms with Crippen LogP contribution < -0.4 is 14.4 Å². The quantitative estimate of drug-likeness (QED) is 0.329. The highest BCUT2D eigenvalue weighted by Gasteiger charge is 2.44. The van der Waals surface area contributed by atoms with Gasteiger partial charge in [-0.3, -0.25) is 4.90 Å². The van der Waals surface area contributed by atoms with Crippen LogP contribution in [0.15, 0.2) is 55.1 Å². The summed E-state index contributed by atoms with van der Waals surface area (Å²) in [7, 11) is 1.61. The zero-order chi connectivity index (χ0) is 27.6. The van der Waals surface area contributed by atoms with Crippen LogP contribution in [-0.4, -0.2) is 69.9 Å². The maximum absolute atomic E-state index is 9.66. The number of fused-ring (bicyclic) bond motifs is 3. The molecule has 0 aromatic carbocycles. The zero-order valence-electron chi connectivity index (χ0n) is 22.9. The van der Waals surface area contributed by atoms with Gasteiger partial charge >= 0.3 is 0 Å². The minimum atomic E-state index is 0.400. The van der Waals surface area contributed by atoms with Gasteiger partial charge in [0.2, 0.25) is 5.88 Å². The molecule has 3 saturated heterocycles. The summed E-state index contributed by atoms with van der Waals surface area (Å²) in [6.07, 6.45) is 8.25. The van der Waals surface area contributed by atoms with Gasteiger partial charge in [-0.25, -0.2) is 14.5 Å². The van der Waals surface area contributed by atoms with Crippen molar-refractivity contribution in [3.05, 3.63) is 66.2 Å². The Balaban J connectivity index is 1.15. The molecule has 2 atom stereocenters. The summed E-state index contributed by atoms with van der Waals surface area (Å²) in [5.41, 5.74) is 3.98. The second-order valence-electron chi connectivity index (χ2n) is 10.7. The maximum atomic E-state index is 9.66. The van der Waals surface area contributed by atoms with E-state index in [9.17, 15) is 5.26 Å². The Morgan fingerprint density at radius 2 is 1.93 bits per heavy atom. The first-order chi connectivity index (χ1) is 19.5. The minimum absolute atomic E-state index is 0.400. The lowest BCUT2D eigenvalue weighted by atomic mass is 9.87. The van der Waals surface area contributed by atoms with Gasteiger partial charge in [0, 0.05) is 60.3 Å². The second kappa shape index (κ2) is 10.9. The molecule has 0 radical (unpaired) electrons. The molecule has 3 fully saturated rings. The lowest BCUT2D eigenvalue weighted by Crippen LogP contribution is -2.68. The molecule has 0 saturated carbocycles. The van der Waals surface area contributed by atoms with Gasteiger partial charge in [-0.15, -0.1) is 0 Å². The number of nitrogens with zero attached hydrogens (tertiary/aromatic N) is 7. The monoisotopic (exact) mass is 533 g/mol. The number of anilines is 1. The average molecular weight is 534 g/mol. The van der Waals surface area contributed by atoms with Gasteiger partial charge in [0.15, 0.2) is 0 Å². The zero-order valence-corrected chi connectivity index (χ0v) is 22.9. The van der Waals surface area contributed by atoms with E-state index < -0.39 is 0 Å². The Morgan fingerprint density at radius 3 is 2.60 bits per heavy atom. The summed E-state index contributed by atoms with van der Waals surface area (Å²) in [4.78, 5) is 13.9. The van der Waals surface area contributed by atoms with Gasteiger partial charge in [-0.1, -0.05) is 25.7 Å². The third-order valence-corrected chi connectivity index (χ3v) is 7.46. The van der Waals surface area contributed by atoms with E-state index in [-0.39, 0.29) is 0 Å². The maximum Gasteiger partial charge on any atom is 0.212 e. The molecule has 2 bridgehead atoms. The topological polar surface area (TPSA) is 91.8 Å². The minimum Gasteiger partial charge on any atom is -0.492 e. The molecule has 0 spiro atoms. The van der Waals surface area contributed by atoms with Crippen molar-refractivity contribution in [2.24, 2.45) is 5.92 Å². The van der Waals surface area contributed by atoms with Crippen molar-refractivity contribution in [2.75, 3.05) is 38.3 Å². The van der Waals surface area contributed by atoms with Crippen LogP contribution in [0.4, 0.5) is 5.82 Å². The van der Waals surface area contributed by atoms with Gasteiger partial charge in [0.05, 0.1) is 43.7 Å². The van der Waals surface area contributed by atoms with Crippen LogP contribution in [0.5, 0.6) is 11.6 Å². The fourth-order valence-electron chi connectivity index (χ4n) is 5.41. The molecule has 40 heavy (non-hydrogen) atoms. The highest BCUT2D eigenvalue weighted by molar-refractivity contribution is 5.85. The van der Waals surface area contributed by atoms with Gasteiger partial charge in [-0.05, 0) is 36.6 Å². The summed E-state index contributed by atoms with van der Waals surface area (Å²) in [6, 6.07) is 13.1. The normalized spacial score (nSPS) is 18.1. The molecule has 0 aliphatic carbocycles. The molecule has 4 aromatic heterocycles. The molecule has 9 nitrogen and oxygen atoms in total. The van der Waals surface area contributed by atoms with Crippen molar-refractivity contribution in [3.8, 4) is 40.7 Å². The molecule has 0 amide bonds. The van der Waals surface area contributed by atoms with Gasteiger partial charge in [-0.2, -0.15) is 10.4 Å². The predicted molar refractivity (Wildman–Crippen MR) is 152 cm³/mol. The van der Waals surface area contributed by atoms with Gasteiger partial charge < -0.3 is 14.4 Å². The first kappa shape index (κ1) is 25.7. The second-order valence-corrected chi connectivity index (χ2v) is 10.7. The van der Waals surface area contributed by atoms with Crippen molar-refractivity contribution in [1.29, 1.82) is 5.26 Å². The highest BCUT2D eigenvalue weighted by Crippen LogP contribution is 2.35. The van der Waals surface area contributed by atoms with E-state index in [4.69, 9.17) is 14.5 Å². The standard InChI is InChI=1S/C31H31N7O2/c1-21(2)20-40-27-12-28(31-24(13-32)16-35-38(31)19-27)23-7-8-29(33-15-23)36-17-25-11-26(18-36)37(25)10-4-5-22-6-9-30(39-3)34-14-22/h6-9,12,14-16,19,21,25-26H,10-11,17-18,20H2,1-3H3. The lowest BCUT2D eigenvalue weighted by Gasteiger charge is -2.56. The fourth-order valence-corrected chi connectivity index (χ4v) is 5.41. The number of piperidine rings is 1. The molecular weight excluding hydrogens is 502 g/mol.